The minimum Gasteiger partial charge on any atom is -0.507 e. The van der Waals surface area contributed by atoms with Gasteiger partial charge in [-0.05, 0) is 42.8 Å². The average molecular weight is 408 g/mol. The number of phenolic OH excluding ortho intramolecular Hbond substituents is 1. The third kappa shape index (κ3) is 5.05. The highest BCUT2D eigenvalue weighted by molar-refractivity contribution is 6.04. The number of phenols is 1. The Bertz CT molecular complexity index is 1060. The van der Waals surface area contributed by atoms with Gasteiger partial charge in [0.2, 0.25) is 0 Å². The number of hydrogen-bond donors (Lipinski definition) is 3. The summed E-state index contributed by atoms with van der Waals surface area (Å²) in [7, 11) is 0. The topological polar surface area (TPSA) is 118 Å². The van der Waals surface area contributed by atoms with Crippen molar-refractivity contribution in [2.75, 3.05) is 11.9 Å². The summed E-state index contributed by atoms with van der Waals surface area (Å²) in [6.45, 7) is 1.27. The van der Waals surface area contributed by atoms with E-state index in [-0.39, 0.29) is 29.1 Å². The average Bonchev–Trinajstić information content (AvgIpc) is 3.26. The standard InChI is InChI=1S/C22H20N2O6/c1-14-6-4-9-17(20(14)26)22(28)30-13-19(25)24-18-10-3-2-8-16(18)21(27)23-12-15-7-5-11-29-15/h2-11,26H,12-13H2,1H3,(H,23,27)(H,24,25). The second-order valence-corrected chi connectivity index (χ2v) is 6.40. The maximum Gasteiger partial charge on any atom is 0.342 e. The van der Waals surface area contributed by atoms with Crippen LogP contribution < -0.4 is 10.6 Å². The fraction of sp³-hybridized carbons (Fsp3) is 0.136. The van der Waals surface area contributed by atoms with E-state index < -0.39 is 24.4 Å². The Morgan fingerprint density at radius 3 is 2.53 bits per heavy atom. The zero-order chi connectivity index (χ0) is 21.5. The van der Waals surface area contributed by atoms with Crippen LogP contribution in [0.2, 0.25) is 0 Å². The van der Waals surface area contributed by atoms with Crippen LogP contribution in [0.1, 0.15) is 32.0 Å². The predicted octanol–water partition coefficient (Wildman–Crippen LogP) is 3.02. The highest BCUT2D eigenvalue weighted by atomic mass is 16.5. The van der Waals surface area contributed by atoms with Gasteiger partial charge < -0.3 is 24.9 Å². The number of furan rings is 1. The van der Waals surface area contributed by atoms with Crippen molar-refractivity contribution in [3.63, 3.8) is 0 Å². The Labute approximate surface area is 172 Å². The molecule has 8 heteroatoms. The van der Waals surface area contributed by atoms with Crippen LogP contribution in [0.25, 0.3) is 0 Å². The summed E-state index contributed by atoms with van der Waals surface area (Å²) in [5.74, 6) is -1.45. The molecular formula is C22H20N2O6. The van der Waals surface area contributed by atoms with Crippen molar-refractivity contribution in [1.82, 2.24) is 5.32 Å². The van der Waals surface area contributed by atoms with Gasteiger partial charge in [-0.2, -0.15) is 0 Å². The molecule has 0 aliphatic heterocycles. The first-order valence-corrected chi connectivity index (χ1v) is 9.11. The molecule has 2 aromatic carbocycles. The number of carbonyl (C=O) groups excluding carboxylic acids is 3. The number of hydrogen-bond acceptors (Lipinski definition) is 6. The summed E-state index contributed by atoms with van der Waals surface area (Å²) in [5, 5.41) is 15.2. The molecule has 0 bridgehead atoms. The van der Waals surface area contributed by atoms with Gasteiger partial charge in [0, 0.05) is 0 Å². The van der Waals surface area contributed by atoms with Crippen LogP contribution in [0.4, 0.5) is 5.69 Å². The van der Waals surface area contributed by atoms with Crippen molar-refractivity contribution in [3.05, 3.63) is 83.3 Å². The second kappa shape index (κ2) is 9.42. The second-order valence-electron chi connectivity index (χ2n) is 6.40. The van der Waals surface area contributed by atoms with Crippen molar-refractivity contribution in [2.45, 2.75) is 13.5 Å². The zero-order valence-corrected chi connectivity index (χ0v) is 16.2. The van der Waals surface area contributed by atoms with Gasteiger partial charge in [-0.3, -0.25) is 9.59 Å². The summed E-state index contributed by atoms with van der Waals surface area (Å²) < 4.78 is 10.1. The number of para-hydroxylation sites is 2. The SMILES string of the molecule is Cc1cccc(C(=O)OCC(=O)Nc2ccccc2C(=O)NCc2ccco2)c1O. The van der Waals surface area contributed by atoms with E-state index >= 15 is 0 Å². The molecule has 0 aliphatic carbocycles. The summed E-state index contributed by atoms with van der Waals surface area (Å²) in [4.78, 5) is 36.8. The van der Waals surface area contributed by atoms with E-state index in [1.54, 1.807) is 55.5 Å². The molecule has 1 heterocycles. The van der Waals surface area contributed by atoms with Crippen LogP contribution in [0.5, 0.6) is 5.75 Å². The van der Waals surface area contributed by atoms with Crippen molar-refractivity contribution < 1.29 is 28.6 Å². The molecule has 8 nitrogen and oxygen atoms in total. The lowest BCUT2D eigenvalue weighted by atomic mass is 10.1. The highest BCUT2D eigenvalue weighted by Crippen LogP contribution is 2.22. The number of esters is 1. The maximum absolute atomic E-state index is 12.4. The first kappa shape index (κ1) is 20.7. The zero-order valence-electron chi connectivity index (χ0n) is 16.2. The van der Waals surface area contributed by atoms with E-state index in [9.17, 15) is 19.5 Å². The summed E-state index contributed by atoms with van der Waals surface area (Å²) in [5.41, 5.74) is 1.01. The maximum atomic E-state index is 12.4. The van der Waals surface area contributed by atoms with E-state index in [0.29, 0.717) is 11.3 Å². The molecule has 0 aliphatic rings. The van der Waals surface area contributed by atoms with Gasteiger partial charge in [-0.1, -0.05) is 24.3 Å². The van der Waals surface area contributed by atoms with Gasteiger partial charge in [0.15, 0.2) is 6.61 Å². The minimum absolute atomic E-state index is 0.0273. The lowest BCUT2D eigenvalue weighted by Crippen LogP contribution is -2.26. The molecule has 3 rings (SSSR count). The molecule has 0 fully saturated rings. The summed E-state index contributed by atoms with van der Waals surface area (Å²) in [6, 6.07) is 14.5. The van der Waals surface area contributed by atoms with Crippen LogP contribution in [-0.2, 0) is 16.1 Å². The molecule has 3 N–H and O–H groups in total. The highest BCUT2D eigenvalue weighted by Gasteiger charge is 2.17. The van der Waals surface area contributed by atoms with Crippen molar-refractivity contribution in [2.24, 2.45) is 0 Å². The molecule has 1 aromatic heterocycles. The van der Waals surface area contributed by atoms with E-state index in [2.05, 4.69) is 10.6 Å². The van der Waals surface area contributed by atoms with Gasteiger partial charge >= 0.3 is 5.97 Å². The molecular weight excluding hydrogens is 388 g/mol. The van der Waals surface area contributed by atoms with Crippen LogP contribution in [0.15, 0.2) is 65.3 Å². The predicted molar refractivity (Wildman–Crippen MR) is 108 cm³/mol. The van der Waals surface area contributed by atoms with Crippen LogP contribution in [-0.4, -0.2) is 29.5 Å². The summed E-state index contributed by atoms with van der Waals surface area (Å²) >= 11 is 0. The number of amides is 2. The smallest absolute Gasteiger partial charge is 0.342 e. The number of aryl methyl sites for hydroxylation is 1. The molecule has 0 spiro atoms. The Balaban J connectivity index is 1.59. The lowest BCUT2D eigenvalue weighted by Gasteiger charge is -2.12. The molecule has 30 heavy (non-hydrogen) atoms. The molecule has 154 valence electrons. The fourth-order valence-corrected chi connectivity index (χ4v) is 2.68. The van der Waals surface area contributed by atoms with Crippen molar-refractivity contribution >= 4 is 23.5 Å². The number of anilines is 1. The quantitative estimate of drug-likeness (QED) is 0.517. The number of benzene rings is 2. The number of rotatable bonds is 7. The van der Waals surface area contributed by atoms with Gasteiger partial charge in [0.25, 0.3) is 11.8 Å². The van der Waals surface area contributed by atoms with E-state index in [4.69, 9.17) is 9.15 Å². The van der Waals surface area contributed by atoms with E-state index in [1.165, 1.54) is 12.3 Å². The fourth-order valence-electron chi connectivity index (χ4n) is 2.68. The molecule has 0 radical (unpaired) electrons. The van der Waals surface area contributed by atoms with Gasteiger partial charge in [-0.15, -0.1) is 0 Å². The van der Waals surface area contributed by atoms with E-state index in [0.717, 1.165) is 0 Å². The molecule has 0 unspecified atom stereocenters. The monoisotopic (exact) mass is 408 g/mol. The Morgan fingerprint density at radius 1 is 1.00 bits per heavy atom. The third-order valence-electron chi connectivity index (χ3n) is 4.24. The van der Waals surface area contributed by atoms with Gasteiger partial charge in [-0.25, -0.2) is 4.79 Å². The first-order chi connectivity index (χ1) is 14.5. The normalized spacial score (nSPS) is 10.3. The minimum atomic E-state index is -0.823. The third-order valence-corrected chi connectivity index (χ3v) is 4.24. The number of carbonyl (C=O) groups is 3. The molecule has 0 saturated heterocycles. The van der Waals surface area contributed by atoms with Crippen LogP contribution in [0, 0.1) is 6.92 Å². The Hall–Kier alpha value is -4.07. The molecule has 3 aromatic rings. The van der Waals surface area contributed by atoms with Gasteiger partial charge in [0.05, 0.1) is 24.1 Å². The molecule has 2 amide bonds. The summed E-state index contributed by atoms with van der Waals surface area (Å²) in [6.07, 6.45) is 1.51. The van der Waals surface area contributed by atoms with Crippen LogP contribution in [0.3, 0.4) is 0 Å². The lowest BCUT2D eigenvalue weighted by molar-refractivity contribution is -0.119. The van der Waals surface area contributed by atoms with Gasteiger partial charge in [0.1, 0.15) is 17.1 Å². The van der Waals surface area contributed by atoms with E-state index in [1.807, 2.05) is 0 Å². The Kier molecular flexibility index (Phi) is 6.49. The first-order valence-electron chi connectivity index (χ1n) is 9.11. The Morgan fingerprint density at radius 2 is 1.77 bits per heavy atom. The molecule has 0 atom stereocenters. The van der Waals surface area contributed by atoms with Crippen molar-refractivity contribution in [3.8, 4) is 5.75 Å². The molecule has 0 saturated carbocycles. The van der Waals surface area contributed by atoms with Crippen molar-refractivity contribution in [1.29, 1.82) is 0 Å². The number of nitrogens with one attached hydrogen (secondary N) is 2. The number of aromatic hydroxyl groups is 1. The van der Waals surface area contributed by atoms with Crippen LogP contribution >= 0.6 is 0 Å². The largest absolute Gasteiger partial charge is 0.507 e. The number of ether oxygens (including phenoxy) is 1.